The van der Waals surface area contributed by atoms with Gasteiger partial charge in [0.1, 0.15) is 0 Å². The van der Waals surface area contributed by atoms with E-state index in [4.69, 9.17) is 4.74 Å². The summed E-state index contributed by atoms with van der Waals surface area (Å²) in [7, 11) is 0. The predicted octanol–water partition coefficient (Wildman–Crippen LogP) is 2.70. The van der Waals surface area contributed by atoms with Gasteiger partial charge in [0.2, 0.25) is 0 Å². The molecule has 0 spiro atoms. The van der Waals surface area contributed by atoms with Crippen molar-refractivity contribution < 1.29 is 22.7 Å². The van der Waals surface area contributed by atoms with E-state index in [0.717, 1.165) is 0 Å². The standard InChI is InChI=1S/C15H22F3N3O2/c1-6-21-10(3)12(9(2)19-21)13(22)20-7-11(15(16,17)18)23-14(4,5)8-20/h11H,6-8H2,1-5H3. The third kappa shape index (κ3) is 3.52. The summed E-state index contributed by atoms with van der Waals surface area (Å²) >= 11 is 0. The number of hydrogen-bond acceptors (Lipinski definition) is 3. The van der Waals surface area contributed by atoms with Gasteiger partial charge in [0.05, 0.1) is 23.4 Å². The van der Waals surface area contributed by atoms with E-state index in [0.29, 0.717) is 23.5 Å². The summed E-state index contributed by atoms with van der Waals surface area (Å²) in [6.07, 6.45) is -6.48. The minimum Gasteiger partial charge on any atom is -0.359 e. The zero-order valence-electron chi connectivity index (χ0n) is 14.0. The fourth-order valence-electron chi connectivity index (χ4n) is 2.98. The first-order valence-electron chi connectivity index (χ1n) is 7.54. The summed E-state index contributed by atoms with van der Waals surface area (Å²) in [5, 5.41) is 4.26. The fourth-order valence-corrected chi connectivity index (χ4v) is 2.98. The highest BCUT2D eigenvalue weighted by atomic mass is 19.4. The first-order chi connectivity index (χ1) is 10.5. The number of alkyl halides is 3. The van der Waals surface area contributed by atoms with Crippen LogP contribution < -0.4 is 0 Å². The maximum absolute atomic E-state index is 13.1. The van der Waals surface area contributed by atoms with Gasteiger partial charge in [0.15, 0.2) is 6.10 Å². The maximum Gasteiger partial charge on any atom is 0.416 e. The Kier molecular flexibility index (Phi) is 4.49. The first-order valence-corrected chi connectivity index (χ1v) is 7.54. The van der Waals surface area contributed by atoms with Gasteiger partial charge in [-0.15, -0.1) is 0 Å². The number of aromatic nitrogens is 2. The summed E-state index contributed by atoms with van der Waals surface area (Å²) < 4.78 is 46.0. The molecule has 8 heteroatoms. The van der Waals surface area contributed by atoms with Crippen molar-refractivity contribution in [2.24, 2.45) is 0 Å². The third-order valence-corrected chi connectivity index (χ3v) is 3.97. The van der Waals surface area contributed by atoms with E-state index in [2.05, 4.69) is 5.10 Å². The highest BCUT2D eigenvalue weighted by Gasteiger charge is 2.49. The third-order valence-electron chi connectivity index (χ3n) is 3.97. The Morgan fingerprint density at radius 2 is 2.00 bits per heavy atom. The lowest BCUT2D eigenvalue weighted by atomic mass is 10.0. The smallest absolute Gasteiger partial charge is 0.359 e. The summed E-state index contributed by atoms with van der Waals surface area (Å²) in [4.78, 5) is 14.0. The van der Waals surface area contributed by atoms with E-state index < -0.39 is 30.3 Å². The van der Waals surface area contributed by atoms with E-state index in [-0.39, 0.29) is 6.54 Å². The number of morpholine rings is 1. The number of ether oxygens (including phenoxy) is 1. The Hall–Kier alpha value is -1.57. The van der Waals surface area contributed by atoms with E-state index in [1.165, 1.54) is 4.90 Å². The van der Waals surface area contributed by atoms with Crippen molar-refractivity contribution in [2.75, 3.05) is 13.1 Å². The topological polar surface area (TPSA) is 47.4 Å². The Balaban J connectivity index is 2.33. The van der Waals surface area contributed by atoms with Gasteiger partial charge in [0, 0.05) is 18.8 Å². The average molecular weight is 333 g/mol. The number of amides is 1. The molecule has 23 heavy (non-hydrogen) atoms. The Bertz CT molecular complexity index is 608. The largest absolute Gasteiger partial charge is 0.416 e. The van der Waals surface area contributed by atoms with Crippen molar-refractivity contribution in [3.05, 3.63) is 17.0 Å². The van der Waals surface area contributed by atoms with Crippen LogP contribution >= 0.6 is 0 Å². The summed E-state index contributed by atoms with van der Waals surface area (Å²) in [5.41, 5.74) is 0.520. The predicted molar refractivity (Wildman–Crippen MR) is 78.3 cm³/mol. The van der Waals surface area contributed by atoms with E-state index in [1.807, 2.05) is 6.92 Å². The summed E-state index contributed by atoms with van der Waals surface area (Å²) in [6.45, 7) is 8.66. The maximum atomic E-state index is 13.1. The molecule has 0 bridgehead atoms. The molecule has 2 heterocycles. The first kappa shape index (κ1) is 17.8. The Morgan fingerprint density at radius 3 is 2.48 bits per heavy atom. The van der Waals surface area contributed by atoms with E-state index in [9.17, 15) is 18.0 Å². The molecular weight excluding hydrogens is 311 g/mol. The number of aryl methyl sites for hydroxylation is 2. The molecule has 1 saturated heterocycles. The molecule has 1 aliphatic rings. The molecule has 0 aliphatic carbocycles. The van der Waals surface area contributed by atoms with Crippen LogP contribution in [0.2, 0.25) is 0 Å². The second kappa shape index (κ2) is 5.81. The highest BCUT2D eigenvalue weighted by molar-refractivity contribution is 5.96. The molecule has 1 aliphatic heterocycles. The molecule has 1 aromatic rings. The lowest BCUT2D eigenvalue weighted by molar-refractivity contribution is -0.267. The second-order valence-electron chi connectivity index (χ2n) is 6.46. The van der Waals surface area contributed by atoms with Crippen molar-refractivity contribution >= 4 is 5.91 Å². The van der Waals surface area contributed by atoms with Crippen LogP contribution in [-0.2, 0) is 11.3 Å². The Morgan fingerprint density at radius 1 is 1.39 bits per heavy atom. The molecule has 1 atom stereocenters. The SMILES string of the molecule is CCn1nc(C)c(C(=O)N2CC(C(F)(F)F)OC(C)(C)C2)c1C. The lowest BCUT2D eigenvalue weighted by Gasteiger charge is -2.43. The molecule has 2 rings (SSSR count). The Labute approximate surface area is 133 Å². The van der Waals surface area contributed by atoms with Gasteiger partial charge in [-0.1, -0.05) is 0 Å². The van der Waals surface area contributed by atoms with Gasteiger partial charge in [0.25, 0.3) is 5.91 Å². The molecule has 0 N–H and O–H groups in total. The number of hydrogen-bond donors (Lipinski definition) is 0. The van der Waals surface area contributed by atoms with Gasteiger partial charge < -0.3 is 9.64 Å². The molecule has 5 nitrogen and oxygen atoms in total. The van der Waals surface area contributed by atoms with Gasteiger partial charge >= 0.3 is 6.18 Å². The molecule has 130 valence electrons. The lowest BCUT2D eigenvalue weighted by Crippen LogP contribution is -2.58. The van der Waals surface area contributed by atoms with Crippen molar-refractivity contribution in [2.45, 2.75) is 59.0 Å². The minimum atomic E-state index is -4.51. The number of rotatable bonds is 2. The molecule has 1 unspecified atom stereocenters. The van der Waals surface area contributed by atoms with Crippen LogP contribution in [-0.4, -0.2) is 51.6 Å². The van der Waals surface area contributed by atoms with Gasteiger partial charge in [-0.05, 0) is 34.6 Å². The monoisotopic (exact) mass is 333 g/mol. The van der Waals surface area contributed by atoms with Crippen LogP contribution in [0.5, 0.6) is 0 Å². The van der Waals surface area contributed by atoms with Gasteiger partial charge in [-0.2, -0.15) is 18.3 Å². The molecule has 0 radical (unpaired) electrons. The molecule has 1 fully saturated rings. The van der Waals surface area contributed by atoms with Crippen molar-refractivity contribution in [3.8, 4) is 0 Å². The van der Waals surface area contributed by atoms with Crippen LogP contribution in [0.3, 0.4) is 0 Å². The zero-order valence-corrected chi connectivity index (χ0v) is 14.0. The zero-order chi connectivity index (χ0) is 17.6. The number of halogens is 3. The number of carbonyl (C=O) groups is 1. The number of carbonyl (C=O) groups excluding carboxylic acids is 1. The van der Waals surface area contributed by atoms with Crippen molar-refractivity contribution in [1.82, 2.24) is 14.7 Å². The van der Waals surface area contributed by atoms with Gasteiger partial charge in [-0.25, -0.2) is 0 Å². The molecule has 0 aromatic carbocycles. The van der Waals surface area contributed by atoms with Crippen LogP contribution in [0.4, 0.5) is 13.2 Å². The fraction of sp³-hybridized carbons (Fsp3) is 0.733. The van der Waals surface area contributed by atoms with E-state index in [1.54, 1.807) is 32.4 Å². The summed E-state index contributed by atoms with van der Waals surface area (Å²) in [5.74, 6) is -0.426. The quantitative estimate of drug-likeness (QED) is 0.836. The molecule has 0 saturated carbocycles. The number of nitrogens with zero attached hydrogens (tertiary/aromatic N) is 3. The molecule has 1 aromatic heterocycles. The minimum absolute atomic E-state index is 0.106. The molecule has 1 amide bonds. The van der Waals surface area contributed by atoms with E-state index >= 15 is 0 Å². The normalized spacial score (nSPS) is 21.6. The van der Waals surface area contributed by atoms with Gasteiger partial charge in [-0.3, -0.25) is 9.48 Å². The average Bonchev–Trinajstić information content (AvgIpc) is 2.69. The van der Waals surface area contributed by atoms with Crippen LogP contribution in [0, 0.1) is 13.8 Å². The van der Waals surface area contributed by atoms with Crippen LogP contribution in [0.25, 0.3) is 0 Å². The molecular formula is C15H22F3N3O2. The summed E-state index contributed by atoms with van der Waals surface area (Å²) in [6, 6.07) is 0. The van der Waals surface area contributed by atoms with Crippen molar-refractivity contribution in [1.29, 1.82) is 0 Å². The van der Waals surface area contributed by atoms with Crippen molar-refractivity contribution in [3.63, 3.8) is 0 Å². The highest BCUT2D eigenvalue weighted by Crippen LogP contribution is 2.32. The second-order valence-corrected chi connectivity index (χ2v) is 6.46. The van der Waals surface area contributed by atoms with Crippen LogP contribution in [0.1, 0.15) is 42.5 Å². The van der Waals surface area contributed by atoms with Crippen LogP contribution in [0.15, 0.2) is 0 Å².